The molecule has 0 aliphatic rings. The van der Waals surface area contributed by atoms with Crippen LogP contribution in [0.5, 0.6) is 17.4 Å². The highest BCUT2D eigenvalue weighted by Crippen LogP contribution is 2.32. The number of hydrogen-bond donors (Lipinski definition) is 0. The van der Waals surface area contributed by atoms with Gasteiger partial charge in [-0.25, -0.2) is 4.98 Å². The second-order valence-corrected chi connectivity index (χ2v) is 4.66. The summed E-state index contributed by atoms with van der Waals surface area (Å²) in [5.74, 6) is 2.20. The number of rotatable bonds is 6. The molecule has 0 N–H and O–H groups in total. The lowest BCUT2D eigenvalue weighted by Gasteiger charge is -2.11. The Kier molecular flexibility index (Phi) is 5.22. The van der Waals surface area contributed by atoms with Crippen LogP contribution in [0.2, 0.25) is 5.15 Å². The lowest BCUT2D eigenvalue weighted by atomic mass is 10.2. The van der Waals surface area contributed by atoms with Crippen LogP contribution in [-0.2, 0) is 0 Å². The fourth-order valence-corrected chi connectivity index (χ4v) is 1.94. The smallest absolute Gasteiger partial charge is 0.218 e. The average Bonchev–Trinajstić information content (AvgIpc) is 2.52. The first kappa shape index (κ1) is 15.4. The van der Waals surface area contributed by atoms with Crippen LogP contribution in [-0.4, -0.2) is 30.8 Å². The highest BCUT2D eigenvalue weighted by molar-refractivity contribution is 6.29. The first-order valence-electron chi connectivity index (χ1n) is 6.57. The molecule has 112 valence electrons. The third kappa shape index (κ3) is 3.76. The number of halogens is 1. The molecule has 0 atom stereocenters. The quantitative estimate of drug-likeness (QED) is 0.763. The van der Waals surface area contributed by atoms with Crippen LogP contribution in [0.1, 0.15) is 13.3 Å². The summed E-state index contributed by atoms with van der Waals surface area (Å²) in [5, 5.41) is 0.321. The van der Waals surface area contributed by atoms with E-state index in [-0.39, 0.29) is 0 Å². The Morgan fingerprint density at radius 3 is 2.52 bits per heavy atom. The minimum Gasteiger partial charge on any atom is -0.493 e. The van der Waals surface area contributed by atoms with Gasteiger partial charge in [-0.05, 0) is 24.6 Å². The van der Waals surface area contributed by atoms with Crippen LogP contribution in [0.4, 0.5) is 0 Å². The van der Waals surface area contributed by atoms with Crippen molar-refractivity contribution in [2.24, 2.45) is 0 Å². The molecule has 0 spiro atoms. The molecule has 0 aliphatic carbocycles. The van der Waals surface area contributed by atoms with Crippen LogP contribution in [0, 0.1) is 0 Å². The van der Waals surface area contributed by atoms with Crippen molar-refractivity contribution >= 4 is 11.6 Å². The minimum atomic E-state index is 0.321. The molecule has 1 heterocycles. The average molecular weight is 309 g/mol. The fraction of sp³-hybridized carbons (Fsp3) is 0.333. The van der Waals surface area contributed by atoms with E-state index in [1.54, 1.807) is 13.2 Å². The van der Waals surface area contributed by atoms with E-state index in [4.69, 9.17) is 25.8 Å². The molecule has 2 rings (SSSR count). The zero-order valence-electron chi connectivity index (χ0n) is 12.2. The number of methoxy groups -OCH3 is 2. The molecule has 1 aromatic heterocycles. The molecule has 5 nitrogen and oxygen atoms in total. The third-order valence-corrected chi connectivity index (χ3v) is 2.96. The highest BCUT2D eigenvalue weighted by Gasteiger charge is 2.11. The second-order valence-electron chi connectivity index (χ2n) is 4.27. The molecule has 0 bridgehead atoms. The third-order valence-electron chi connectivity index (χ3n) is 2.76. The Bertz CT molecular complexity index is 620. The van der Waals surface area contributed by atoms with Gasteiger partial charge in [0.2, 0.25) is 5.88 Å². The van der Waals surface area contributed by atoms with E-state index in [9.17, 15) is 0 Å². The second kappa shape index (κ2) is 7.13. The lowest BCUT2D eigenvalue weighted by molar-refractivity contribution is 0.294. The van der Waals surface area contributed by atoms with Crippen molar-refractivity contribution in [3.63, 3.8) is 0 Å². The normalized spacial score (nSPS) is 10.3. The summed E-state index contributed by atoms with van der Waals surface area (Å²) in [5.41, 5.74) is 0.775. The van der Waals surface area contributed by atoms with Gasteiger partial charge in [0.15, 0.2) is 17.3 Å². The topological polar surface area (TPSA) is 53.5 Å². The number of hydrogen-bond acceptors (Lipinski definition) is 5. The van der Waals surface area contributed by atoms with E-state index >= 15 is 0 Å². The van der Waals surface area contributed by atoms with Crippen LogP contribution >= 0.6 is 11.6 Å². The van der Waals surface area contributed by atoms with Gasteiger partial charge in [-0.15, -0.1) is 0 Å². The predicted molar refractivity (Wildman–Crippen MR) is 81.4 cm³/mol. The van der Waals surface area contributed by atoms with E-state index in [0.29, 0.717) is 35.0 Å². The van der Waals surface area contributed by atoms with Gasteiger partial charge in [0.1, 0.15) is 5.15 Å². The Balaban J connectivity index is 2.38. The SMILES string of the molecule is CCCOc1ccc(-c2nc(Cl)cc(OC)n2)cc1OC. The van der Waals surface area contributed by atoms with Crippen molar-refractivity contribution in [2.75, 3.05) is 20.8 Å². The molecule has 0 saturated carbocycles. The summed E-state index contributed by atoms with van der Waals surface area (Å²) < 4.78 is 16.1. The fourth-order valence-electron chi connectivity index (χ4n) is 1.77. The van der Waals surface area contributed by atoms with Crippen molar-refractivity contribution in [3.05, 3.63) is 29.4 Å². The Morgan fingerprint density at radius 2 is 1.86 bits per heavy atom. The molecule has 0 amide bonds. The monoisotopic (exact) mass is 308 g/mol. The van der Waals surface area contributed by atoms with E-state index in [0.717, 1.165) is 12.0 Å². The molecular weight excluding hydrogens is 292 g/mol. The van der Waals surface area contributed by atoms with Gasteiger partial charge in [0.05, 0.1) is 20.8 Å². The first-order valence-corrected chi connectivity index (χ1v) is 6.95. The van der Waals surface area contributed by atoms with Crippen LogP contribution in [0.3, 0.4) is 0 Å². The summed E-state index contributed by atoms with van der Waals surface area (Å²) in [6, 6.07) is 7.07. The summed E-state index contributed by atoms with van der Waals surface area (Å²) in [7, 11) is 3.13. The molecule has 0 unspecified atom stereocenters. The van der Waals surface area contributed by atoms with Gasteiger partial charge in [0, 0.05) is 11.6 Å². The summed E-state index contributed by atoms with van der Waals surface area (Å²) in [4.78, 5) is 8.47. The molecule has 1 aromatic carbocycles. The Labute approximate surface area is 128 Å². The predicted octanol–water partition coefficient (Wildman–Crippen LogP) is 3.60. The maximum Gasteiger partial charge on any atom is 0.218 e. The van der Waals surface area contributed by atoms with E-state index in [1.165, 1.54) is 7.11 Å². The van der Waals surface area contributed by atoms with Crippen molar-refractivity contribution in [1.29, 1.82) is 0 Å². The zero-order chi connectivity index (χ0) is 15.2. The molecule has 0 radical (unpaired) electrons. The largest absolute Gasteiger partial charge is 0.493 e. The Hall–Kier alpha value is -2.01. The standard InChI is InChI=1S/C15H17ClN2O3/c1-4-7-21-11-6-5-10(8-12(11)19-2)15-17-13(16)9-14(18-15)20-3/h5-6,8-9H,4,7H2,1-3H3. The number of ether oxygens (including phenoxy) is 3. The highest BCUT2D eigenvalue weighted by atomic mass is 35.5. The summed E-state index contributed by atoms with van der Waals surface area (Å²) in [6.07, 6.45) is 0.930. The molecule has 21 heavy (non-hydrogen) atoms. The number of benzene rings is 1. The van der Waals surface area contributed by atoms with Crippen molar-refractivity contribution in [3.8, 4) is 28.8 Å². The molecule has 0 aliphatic heterocycles. The van der Waals surface area contributed by atoms with Gasteiger partial charge < -0.3 is 14.2 Å². The molecule has 0 fully saturated rings. The molecule has 2 aromatic rings. The van der Waals surface area contributed by atoms with Gasteiger partial charge in [-0.1, -0.05) is 18.5 Å². The van der Waals surface area contributed by atoms with Crippen LogP contribution in [0.25, 0.3) is 11.4 Å². The van der Waals surface area contributed by atoms with Gasteiger partial charge in [0.25, 0.3) is 0 Å². The Morgan fingerprint density at radius 1 is 1.05 bits per heavy atom. The van der Waals surface area contributed by atoms with Crippen molar-refractivity contribution in [1.82, 2.24) is 9.97 Å². The summed E-state index contributed by atoms with van der Waals surface area (Å²) in [6.45, 7) is 2.68. The van der Waals surface area contributed by atoms with E-state index in [1.807, 2.05) is 25.1 Å². The van der Waals surface area contributed by atoms with Crippen molar-refractivity contribution in [2.45, 2.75) is 13.3 Å². The molecular formula is C15H17ClN2O3. The molecule has 0 saturated heterocycles. The summed E-state index contributed by atoms with van der Waals surface area (Å²) >= 11 is 5.97. The van der Waals surface area contributed by atoms with Gasteiger partial charge in [-0.2, -0.15) is 4.98 Å². The van der Waals surface area contributed by atoms with E-state index < -0.39 is 0 Å². The maximum absolute atomic E-state index is 5.97. The van der Waals surface area contributed by atoms with E-state index in [2.05, 4.69) is 9.97 Å². The molecule has 6 heteroatoms. The van der Waals surface area contributed by atoms with Crippen LogP contribution < -0.4 is 14.2 Å². The number of nitrogens with zero attached hydrogens (tertiary/aromatic N) is 2. The maximum atomic E-state index is 5.97. The zero-order valence-corrected chi connectivity index (χ0v) is 13.0. The van der Waals surface area contributed by atoms with Crippen molar-refractivity contribution < 1.29 is 14.2 Å². The van der Waals surface area contributed by atoms with Gasteiger partial charge in [-0.3, -0.25) is 0 Å². The van der Waals surface area contributed by atoms with Gasteiger partial charge >= 0.3 is 0 Å². The first-order chi connectivity index (χ1) is 10.2. The minimum absolute atomic E-state index is 0.321. The van der Waals surface area contributed by atoms with Crippen LogP contribution in [0.15, 0.2) is 24.3 Å². The number of aromatic nitrogens is 2. The lowest BCUT2D eigenvalue weighted by Crippen LogP contribution is -1.99.